The Morgan fingerprint density at radius 3 is 2.81 bits per heavy atom. The summed E-state index contributed by atoms with van der Waals surface area (Å²) >= 11 is 1.55. The molecular formula is C19H21N3O3S. The number of amides is 1. The second-order valence-corrected chi connectivity index (χ2v) is 6.77. The monoisotopic (exact) mass is 371 g/mol. The Morgan fingerprint density at radius 1 is 1.23 bits per heavy atom. The van der Waals surface area contributed by atoms with Crippen molar-refractivity contribution >= 4 is 17.2 Å². The molecule has 2 heterocycles. The zero-order chi connectivity index (χ0) is 18.2. The zero-order valence-corrected chi connectivity index (χ0v) is 15.4. The summed E-state index contributed by atoms with van der Waals surface area (Å²) in [6.45, 7) is 0.260. The van der Waals surface area contributed by atoms with Crippen molar-refractivity contribution in [1.82, 2.24) is 15.5 Å². The molecule has 0 unspecified atom stereocenters. The number of thiophene rings is 1. The predicted molar refractivity (Wildman–Crippen MR) is 100 cm³/mol. The number of rotatable bonds is 9. The number of aromatic nitrogens is 2. The third-order valence-corrected chi connectivity index (χ3v) is 4.79. The molecule has 6 nitrogen and oxygen atoms in total. The van der Waals surface area contributed by atoms with E-state index in [1.165, 1.54) is 5.56 Å². The molecular weight excluding hydrogens is 350 g/mol. The van der Waals surface area contributed by atoms with Gasteiger partial charge in [-0.3, -0.25) is 4.79 Å². The molecule has 0 saturated carbocycles. The van der Waals surface area contributed by atoms with Crippen molar-refractivity contribution in [2.45, 2.75) is 32.2 Å². The number of carbonyl (C=O) groups is 1. The van der Waals surface area contributed by atoms with Crippen molar-refractivity contribution in [3.8, 4) is 16.5 Å². The number of hydrogen-bond acceptors (Lipinski definition) is 6. The maximum absolute atomic E-state index is 11.9. The van der Waals surface area contributed by atoms with E-state index >= 15 is 0 Å². The molecule has 0 saturated heterocycles. The van der Waals surface area contributed by atoms with Crippen LogP contribution in [0.25, 0.3) is 10.7 Å². The standard InChI is InChI=1S/C19H21N3O3S/c1-24-15-10-8-14(9-11-15)5-2-3-7-17(23)20-13-18-21-19(22-25-18)16-6-4-12-26-16/h4,6,8-12H,2-3,5,7,13H2,1H3,(H,20,23). The van der Waals surface area contributed by atoms with Gasteiger partial charge in [-0.2, -0.15) is 4.98 Å². The number of aryl methyl sites for hydroxylation is 1. The van der Waals surface area contributed by atoms with Gasteiger partial charge in [-0.05, 0) is 48.4 Å². The van der Waals surface area contributed by atoms with Crippen LogP contribution in [0.1, 0.15) is 30.7 Å². The van der Waals surface area contributed by atoms with E-state index in [0.717, 1.165) is 29.9 Å². The molecule has 0 bridgehead atoms. The number of nitrogens with zero attached hydrogens (tertiary/aromatic N) is 2. The lowest BCUT2D eigenvalue weighted by Gasteiger charge is -2.04. The predicted octanol–water partition coefficient (Wildman–Crippen LogP) is 3.84. The van der Waals surface area contributed by atoms with Crippen molar-refractivity contribution < 1.29 is 14.1 Å². The van der Waals surface area contributed by atoms with E-state index in [0.29, 0.717) is 18.1 Å². The number of unbranched alkanes of at least 4 members (excludes halogenated alkanes) is 1. The second kappa shape index (κ2) is 9.15. The van der Waals surface area contributed by atoms with Gasteiger partial charge in [-0.1, -0.05) is 23.4 Å². The van der Waals surface area contributed by atoms with Gasteiger partial charge in [0.05, 0.1) is 18.5 Å². The molecule has 7 heteroatoms. The molecule has 26 heavy (non-hydrogen) atoms. The third kappa shape index (κ3) is 5.16. The van der Waals surface area contributed by atoms with Crippen LogP contribution in [0.5, 0.6) is 5.75 Å². The molecule has 2 aromatic heterocycles. The van der Waals surface area contributed by atoms with E-state index in [1.807, 2.05) is 29.6 Å². The first-order valence-corrected chi connectivity index (χ1v) is 9.38. The summed E-state index contributed by atoms with van der Waals surface area (Å²) in [4.78, 5) is 17.2. The Hall–Kier alpha value is -2.67. The first kappa shape index (κ1) is 18.1. The van der Waals surface area contributed by atoms with Gasteiger partial charge in [0, 0.05) is 6.42 Å². The number of hydrogen-bond donors (Lipinski definition) is 1. The molecule has 0 fully saturated rings. The molecule has 3 rings (SSSR count). The van der Waals surface area contributed by atoms with E-state index in [-0.39, 0.29) is 12.5 Å². The molecule has 0 atom stereocenters. The van der Waals surface area contributed by atoms with E-state index < -0.39 is 0 Å². The highest BCUT2D eigenvalue weighted by atomic mass is 32.1. The summed E-state index contributed by atoms with van der Waals surface area (Å²) in [7, 11) is 1.66. The van der Waals surface area contributed by atoms with Crippen LogP contribution in [0.4, 0.5) is 0 Å². The summed E-state index contributed by atoms with van der Waals surface area (Å²) in [6, 6.07) is 11.9. The van der Waals surface area contributed by atoms with Crippen LogP contribution in [0.15, 0.2) is 46.3 Å². The molecule has 1 amide bonds. The van der Waals surface area contributed by atoms with Gasteiger partial charge in [0.25, 0.3) is 0 Å². The number of carbonyl (C=O) groups excluding carboxylic acids is 1. The lowest BCUT2D eigenvalue weighted by Crippen LogP contribution is -2.22. The Labute approximate surface area is 156 Å². The Kier molecular flexibility index (Phi) is 6.38. The number of benzene rings is 1. The van der Waals surface area contributed by atoms with Crippen LogP contribution in [0.2, 0.25) is 0 Å². The van der Waals surface area contributed by atoms with Gasteiger partial charge in [0.15, 0.2) is 0 Å². The topological polar surface area (TPSA) is 77.2 Å². The molecule has 1 aromatic carbocycles. The summed E-state index contributed by atoms with van der Waals surface area (Å²) < 4.78 is 10.3. The van der Waals surface area contributed by atoms with Crippen LogP contribution >= 0.6 is 11.3 Å². The molecule has 0 radical (unpaired) electrons. The van der Waals surface area contributed by atoms with Crippen LogP contribution in [0.3, 0.4) is 0 Å². The lowest BCUT2D eigenvalue weighted by atomic mass is 10.1. The van der Waals surface area contributed by atoms with Crippen molar-refractivity contribution in [3.63, 3.8) is 0 Å². The first-order valence-electron chi connectivity index (χ1n) is 8.50. The van der Waals surface area contributed by atoms with Gasteiger partial charge >= 0.3 is 0 Å². The minimum absolute atomic E-state index is 0.00407. The van der Waals surface area contributed by atoms with Gasteiger partial charge in [0.1, 0.15) is 5.75 Å². The summed E-state index contributed by atoms with van der Waals surface area (Å²) in [5.41, 5.74) is 1.25. The van der Waals surface area contributed by atoms with Crippen LogP contribution in [0, 0.1) is 0 Å². The summed E-state index contributed by atoms with van der Waals surface area (Å²) in [5.74, 6) is 1.83. The number of methoxy groups -OCH3 is 1. The zero-order valence-electron chi connectivity index (χ0n) is 14.6. The SMILES string of the molecule is COc1ccc(CCCCC(=O)NCc2nc(-c3cccs3)no2)cc1. The molecule has 0 aliphatic carbocycles. The van der Waals surface area contributed by atoms with Gasteiger partial charge in [0.2, 0.25) is 17.6 Å². The highest BCUT2D eigenvalue weighted by Crippen LogP contribution is 2.21. The second-order valence-electron chi connectivity index (χ2n) is 5.82. The quantitative estimate of drug-likeness (QED) is 0.578. The molecule has 0 aliphatic rings. The smallest absolute Gasteiger partial charge is 0.246 e. The summed E-state index contributed by atoms with van der Waals surface area (Å²) in [5, 5.41) is 8.70. The Bertz CT molecular complexity index is 813. The Balaban J connectivity index is 1.34. The van der Waals surface area contributed by atoms with E-state index in [4.69, 9.17) is 9.26 Å². The average Bonchev–Trinajstić information content (AvgIpc) is 3.35. The van der Waals surface area contributed by atoms with Crippen molar-refractivity contribution in [1.29, 1.82) is 0 Å². The van der Waals surface area contributed by atoms with Gasteiger partial charge < -0.3 is 14.6 Å². The van der Waals surface area contributed by atoms with E-state index in [2.05, 4.69) is 27.6 Å². The maximum Gasteiger partial charge on any atom is 0.246 e. The number of ether oxygens (including phenoxy) is 1. The number of nitrogens with one attached hydrogen (secondary N) is 1. The molecule has 0 aliphatic heterocycles. The fraction of sp³-hybridized carbons (Fsp3) is 0.316. The summed E-state index contributed by atoms with van der Waals surface area (Å²) in [6.07, 6.45) is 3.23. The fourth-order valence-electron chi connectivity index (χ4n) is 2.50. The highest BCUT2D eigenvalue weighted by molar-refractivity contribution is 7.13. The molecule has 1 N–H and O–H groups in total. The van der Waals surface area contributed by atoms with Crippen LogP contribution < -0.4 is 10.1 Å². The average molecular weight is 371 g/mol. The fourth-order valence-corrected chi connectivity index (χ4v) is 3.15. The molecule has 0 spiro atoms. The first-order chi connectivity index (χ1) is 12.7. The van der Waals surface area contributed by atoms with Crippen molar-refractivity contribution in [2.75, 3.05) is 7.11 Å². The van der Waals surface area contributed by atoms with E-state index in [1.54, 1.807) is 18.4 Å². The minimum Gasteiger partial charge on any atom is -0.497 e. The van der Waals surface area contributed by atoms with Crippen molar-refractivity contribution in [2.24, 2.45) is 0 Å². The highest BCUT2D eigenvalue weighted by Gasteiger charge is 2.10. The third-order valence-electron chi connectivity index (χ3n) is 3.92. The molecule has 3 aromatic rings. The largest absolute Gasteiger partial charge is 0.497 e. The van der Waals surface area contributed by atoms with Gasteiger partial charge in [-0.25, -0.2) is 0 Å². The van der Waals surface area contributed by atoms with Gasteiger partial charge in [-0.15, -0.1) is 11.3 Å². The minimum atomic E-state index is -0.00407. The van der Waals surface area contributed by atoms with Crippen molar-refractivity contribution in [3.05, 3.63) is 53.2 Å². The van der Waals surface area contributed by atoms with E-state index in [9.17, 15) is 4.79 Å². The lowest BCUT2D eigenvalue weighted by molar-refractivity contribution is -0.121. The Morgan fingerprint density at radius 2 is 2.08 bits per heavy atom. The molecule has 136 valence electrons. The normalized spacial score (nSPS) is 10.7. The van der Waals surface area contributed by atoms with Crippen LogP contribution in [-0.4, -0.2) is 23.2 Å². The van der Waals surface area contributed by atoms with Crippen LogP contribution in [-0.2, 0) is 17.8 Å². The maximum atomic E-state index is 11.9.